The number of nitrogens with zero attached hydrogens (tertiary/aromatic N) is 2. The largest absolute Gasteiger partial charge is 0.467 e. The van der Waals surface area contributed by atoms with Gasteiger partial charge in [-0.15, -0.1) is 11.8 Å². The number of pyridine rings is 1. The number of hydrogen-bond acceptors (Lipinski definition) is 6. The number of fused-ring (bicyclic) bond motifs is 1. The van der Waals surface area contributed by atoms with Crippen LogP contribution in [0.1, 0.15) is 36.0 Å². The maximum atomic E-state index is 11.9. The van der Waals surface area contributed by atoms with Crippen molar-refractivity contribution in [2.45, 2.75) is 68.8 Å². The number of hydrogen-bond donors (Lipinski definition) is 1. The van der Waals surface area contributed by atoms with E-state index >= 15 is 0 Å². The van der Waals surface area contributed by atoms with E-state index < -0.39 is 14.2 Å². The third-order valence-corrected chi connectivity index (χ3v) is 12.2. The van der Waals surface area contributed by atoms with Crippen molar-refractivity contribution >= 4 is 36.7 Å². The van der Waals surface area contributed by atoms with Gasteiger partial charge in [-0.1, -0.05) is 74.2 Å². The number of aromatic nitrogens is 1. The van der Waals surface area contributed by atoms with E-state index in [0.29, 0.717) is 26.1 Å². The van der Waals surface area contributed by atoms with Crippen molar-refractivity contribution in [3.05, 3.63) is 102 Å². The monoisotopic (exact) mass is 644 g/mol. The molecule has 1 aliphatic rings. The van der Waals surface area contributed by atoms with Crippen LogP contribution in [0.25, 0.3) is 10.8 Å². The fraction of sp³-hybridized carbons (Fsp3) is 0.389. The Balaban J connectivity index is 1.26. The molecule has 3 aromatic carbocycles. The number of ether oxygens (including phenoxy) is 3. The minimum Gasteiger partial charge on any atom is -0.467 e. The summed E-state index contributed by atoms with van der Waals surface area (Å²) >= 11 is 1.76. The van der Waals surface area contributed by atoms with Crippen molar-refractivity contribution < 1.29 is 24.1 Å². The molecule has 0 aliphatic carbocycles. The van der Waals surface area contributed by atoms with Crippen LogP contribution < -0.4 is 4.74 Å². The lowest BCUT2D eigenvalue weighted by atomic mass is 9.86. The number of benzene rings is 3. The topological polar surface area (TPSA) is 81.1 Å². The zero-order valence-corrected chi connectivity index (χ0v) is 28.5. The van der Waals surface area contributed by atoms with E-state index in [9.17, 15) is 9.90 Å². The Kier molecular flexibility index (Phi) is 11.2. The molecule has 0 saturated carbocycles. The first-order chi connectivity index (χ1) is 21.7. The van der Waals surface area contributed by atoms with Gasteiger partial charge in [-0.3, -0.25) is 0 Å². The van der Waals surface area contributed by atoms with Crippen LogP contribution in [0, 0.1) is 0 Å². The predicted octanol–water partition coefficient (Wildman–Crippen LogP) is 8.24. The van der Waals surface area contributed by atoms with E-state index in [1.54, 1.807) is 11.8 Å². The number of amides is 1. The van der Waals surface area contributed by atoms with Crippen molar-refractivity contribution in [3.63, 3.8) is 0 Å². The summed E-state index contributed by atoms with van der Waals surface area (Å²) in [6.45, 7) is 10.3. The number of carboxylic acid groups (broad SMARTS) is 1. The first-order valence-corrected chi connectivity index (χ1v) is 20.2. The van der Waals surface area contributed by atoms with Crippen LogP contribution in [-0.2, 0) is 22.5 Å². The maximum absolute atomic E-state index is 11.9. The Morgan fingerprint density at radius 3 is 2.56 bits per heavy atom. The summed E-state index contributed by atoms with van der Waals surface area (Å²) in [5.74, 6) is 1.82. The molecule has 0 bridgehead atoms. The molecule has 0 radical (unpaired) electrons. The molecule has 1 N–H and O–H groups in total. The van der Waals surface area contributed by atoms with Gasteiger partial charge in [0.05, 0.1) is 32.4 Å². The molecule has 9 heteroatoms. The van der Waals surface area contributed by atoms with E-state index in [2.05, 4.69) is 74.0 Å². The summed E-state index contributed by atoms with van der Waals surface area (Å²) in [5, 5.41) is 12.9. The number of carbonyl (C=O) groups is 1. The van der Waals surface area contributed by atoms with Crippen LogP contribution in [-0.4, -0.2) is 66.6 Å². The van der Waals surface area contributed by atoms with E-state index in [4.69, 9.17) is 14.2 Å². The highest BCUT2D eigenvalue weighted by molar-refractivity contribution is 7.99. The van der Waals surface area contributed by atoms with Crippen LogP contribution in [0.5, 0.6) is 5.75 Å². The molecule has 1 saturated heterocycles. The molecule has 7 nitrogen and oxygen atoms in total. The smallest absolute Gasteiger partial charge is 0.407 e. The molecule has 3 atom stereocenters. The fourth-order valence-corrected chi connectivity index (χ4v) is 6.89. The molecule has 1 fully saturated rings. The average molecular weight is 645 g/mol. The minimum absolute atomic E-state index is 0.102. The maximum Gasteiger partial charge on any atom is 0.407 e. The normalized spacial score (nSPS) is 17.7. The molecule has 2 heterocycles. The van der Waals surface area contributed by atoms with Crippen LogP contribution >= 0.6 is 11.8 Å². The minimum atomic E-state index is -1.44. The lowest BCUT2D eigenvalue weighted by molar-refractivity contribution is -0.0202. The zero-order valence-electron chi connectivity index (χ0n) is 26.6. The van der Waals surface area contributed by atoms with Gasteiger partial charge in [0, 0.05) is 35.5 Å². The van der Waals surface area contributed by atoms with Crippen LogP contribution in [0.15, 0.2) is 90.1 Å². The molecule has 5 rings (SSSR count). The van der Waals surface area contributed by atoms with E-state index in [0.717, 1.165) is 39.3 Å². The van der Waals surface area contributed by atoms with Gasteiger partial charge >= 0.3 is 6.09 Å². The van der Waals surface area contributed by atoms with Crippen LogP contribution in [0.4, 0.5) is 4.79 Å². The standard InChI is InChI=1S/C36H44N2O5SSi/c1-26(45(2,3)4)42-25-43-33-22-28(21-30-9-5-6-10-31(30)33)24-41-34-23-38(36(39)40)19-16-32(34)29-14-12-27(13-15-29)17-20-44-35-11-7-8-18-37-35/h5-15,18,21-22,26,32,34H,16-17,19-20,23-25H2,1-4H3,(H,39,40). The summed E-state index contributed by atoms with van der Waals surface area (Å²) in [4.78, 5) is 17.8. The second-order valence-electron chi connectivity index (χ2n) is 12.7. The van der Waals surface area contributed by atoms with E-state index in [1.165, 1.54) is 16.0 Å². The highest BCUT2D eigenvalue weighted by Gasteiger charge is 2.33. The third-order valence-electron chi connectivity index (χ3n) is 8.62. The van der Waals surface area contributed by atoms with E-state index in [1.807, 2.05) is 42.6 Å². The molecule has 4 aromatic rings. The Bertz CT molecular complexity index is 1550. The summed E-state index contributed by atoms with van der Waals surface area (Å²) in [5.41, 5.74) is 3.61. The zero-order chi connectivity index (χ0) is 31.8. The van der Waals surface area contributed by atoms with Gasteiger partial charge in [-0.05, 0) is 66.1 Å². The van der Waals surface area contributed by atoms with Gasteiger partial charge in [0.15, 0.2) is 6.79 Å². The number of aryl methyl sites for hydroxylation is 1. The van der Waals surface area contributed by atoms with Gasteiger partial charge in [0.2, 0.25) is 0 Å². The lowest BCUT2D eigenvalue weighted by Gasteiger charge is -2.37. The summed E-state index contributed by atoms with van der Waals surface area (Å²) in [6, 6.07) is 27.0. The highest BCUT2D eigenvalue weighted by atomic mass is 32.2. The average Bonchev–Trinajstić information content (AvgIpc) is 3.04. The molecule has 45 heavy (non-hydrogen) atoms. The number of likely N-dealkylation sites (tertiary alicyclic amines) is 1. The first-order valence-electron chi connectivity index (χ1n) is 15.7. The predicted molar refractivity (Wildman–Crippen MR) is 184 cm³/mol. The Hall–Kier alpha value is -3.37. The fourth-order valence-electron chi connectivity index (χ4n) is 5.47. The number of piperidine rings is 1. The molecule has 1 amide bonds. The van der Waals surface area contributed by atoms with Gasteiger partial charge in [0.25, 0.3) is 0 Å². The van der Waals surface area contributed by atoms with Crippen molar-refractivity contribution in [1.29, 1.82) is 0 Å². The van der Waals surface area contributed by atoms with Gasteiger partial charge in [-0.2, -0.15) is 0 Å². The molecule has 1 aliphatic heterocycles. The Labute approximate surface area is 271 Å². The lowest BCUT2D eigenvalue weighted by Crippen LogP contribution is -2.46. The van der Waals surface area contributed by atoms with Crippen molar-refractivity contribution in [1.82, 2.24) is 9.88 Å². The molecular weight excluding hydrogens is 601 g/mol. The Morgan fingerprint density at radius 1 is 1.04 bits per heavy atom. The molecule has 3 unspecified atom stereocenters. The molecule has 0 spiro atoms. The Morgan fingerprint density at radius 2 is 1.82 bits per heavy atom. The molecule has 1 aromatic heterocycles. The second-order valence-corrected chi connectivity index (χ2v) is 19.4. The van der Waals surface area contributed by atoms with Crippen molar-refractivity contribution in [2.75, 3.05) is 25.6 Å². The summed E-state index contributed by atoms with van der Waals surface area (Å²) < 4.78 is 18.8. The summed E-state index contributed by atoms with van der Waals surface area (Å²) in [6.07, 6.45) is 2.32. The van der Waals surface area contributed by atoms with Crippen molar-refractivity contribution in [3.8, 4) is 5.75 Å². The van der Waals surface area contributed by atoms with Gasteiger partial charge in [-0.25, -0.2) is 9.78 Å². The van der Waals surface area contributed by atoms with E-state index in [-0.39, 0.29) is 24.5 Å². The highest BCUT2D eigenvalue weighted by Crippen LogP contribution is 2.33. The number of rotatable bonds is 13. The third kappa shape index (κ3) is 9.10. The van der Waals surface area contributed by atoms with Gasteiger partial charge in [0.1, 0.15) is 5.75 Å². The number of thioether (sulfide) groups is 1. The first kappa shape index (κ1) is 33.0. The second kappa shape index (κ2) is 15.3. The quantitative estimate of drug-likeness (QED) is 0.0892. The summed E-state index contributed by atoms with van der Waals surface area (Å²) in [7, 11) is -1.44. The van der Waals surface area contributed by atoms with Crippen LogP contribution in [0.3, 0.4) is 0 Å². The SMILES string of the molecule is CC(OCOc1cc(COC2CN(C(=O)O)CCC2c2ccc(CCSc3ccccn3)cc2)cc2ccccc12)[Si](C)(C)C. The van der Waals surface area contributed by atoms with Gasteiger partial charge < -0.3 is 24.2 Å². The molecule has 238 valence electrons. The van der Waals surface area contributed by atoms with Crippen LogP contribution in [0.2, 0.25) is 19.6 Å². The molecular formula is C36H44N2O5SSi. The van der Waals surface area contributed by atoms with Crippen molar-refractivity contribution in [2.24, 2.45) is 0 Å².